The van der Waals surface area contributed by atoms with Crippen LogP contribution in [0.25, 0.3) is 11.0 Å². The second-order valence-corrected chi connectivity index (χ2v) is 5.18. The number of thioether (sulfide) groups is 1. The summed E-state index contributed by atoms with van der Waals surface area (Å²) in [5.74, 6) is 0.939. The summed E-state index contributed by atoms with van der Waals surface area (Å²) in [5, 5.41) is 10.9. The SMILES string of the molecule is c1csc(CSc2ncnc3[nH]ncc23)c1. The molecule has 0 amide bonds. The van der Waals surface area contributed by atoms with Crippen molar-refractivity contribution < 1.29 is 0 Å². The van der Waals surface area contributed by atoms with Crippen molar-refractivity contribution in [1.29, 1.82) is 0 Å². The van der Waals surface area contributed by atoms with Gasteiger partial charge in [0.25, 0.3) is 0 Å². The van der Waals surface area contributed by atoms with Crippen LogP contribution in [0, 0.1) is 0 Å². The normalized spacial score (nSPS) is 11.0. The van der Waals surface area contributed by atoms with E-state index < -0.39 is 0 Å². The van der Waals surface area contributed by atoms with E-state index in [0.717, 1.165) is 21.8 Å². The average molecular weight is 248 g/mol. The van der Waals surface area contributed by atoms with Crippen LogP contribution >= 0.6 is 23.1 Å². The van der Waals surface area contributed by atoms with Gasteiger partial charge in [-0.3, -0.25) is 5.10 Å². The van der Waals surface area contributed by atoms with Crippen molar-refractivity contribution >= 4 is 34.1 Å². The smallest absolute Gasteiger partial charge is 0.159 e. The Kier molecular flexibility index (Phi) is 2.59. The Morgan fingerprint density at radius 2 is 2.38 bits per heavy atom. The van der Waals surface area contributed by atoms with Crippen LogP contribution in [0.4, 0.5) is 0 Å². The first-order chi connectivity index (χ1) is 7.93. The van der Waals surface area contributed by atoms with E-state index in [1.165, 1.54) is 4.88 Å². The number of aromatic amines is 1. The zero-order chi connectivity index (χ0) is 10.8. The fourth-order valence-corrected chi connectivity index (χ4v) is 3.13. The lowest BCUT2D eigenvalue weighted by Gasteiger charge is -1.99. The fourth-order valence-electron chi connectivity index (χ4n) is 1.39. The van der Waals surface area contributed by atoms with E-state index in [2.05, 4.69) is 37.7 Å². The molecule has 0 atom stereocenters. The van der Waals surface area contributed by atoms with E-state index in [-0.39, 0.29) is 0 Å². The number of aromatic nitrogens is 4. The molecule has 6 heteroatoms. The van der Waals surface area contributed by atoms with Gasteiger partial charge in [0.1, 0.15) is 11.4 Å². The molecule has 0 aliphatic heterocycles. The molecule has 0 bridgehead atoms. The van der Waals surface area contributed by atoms with Crippen LogP contribution in [0.3, 0.4) is 0 Å². The van der Waals surface area contributed by atoms with Gasteiger partial charge < -0.3 is 0 Å². The Bertz CT molecular complexity index is 588. The zero-order valence-corrected chi connectivity index (χ0v) is 9.88. The van der Waals surface area contributed by atoms with E-state index in [1.54, 1.807) is 35.6 Å². The molecule has 80 valence electrons. The summed E-state index contributed by atoms with van der Waals surface area (Å²) in [4.78, 5) is 9.73. The monoisotopic (exact) mass is 248 g/mol. The van der Waals surface area contributed by atoms with Crippen LogP contribution in [-0.4, -0.2) is 20.2 Å². The molecule has 0 saturated carbocycles. The minimum atomic E-state index is 0.795. The lowest BCUT2D eigenvalue weighted by molar-refractivity contribution is 1.07. The molecule has 3 heterocycles. The van der Waals surface area contributed by atoms with E-state index in [9.17, 15) is 0 Å². The van der Waals surface area contributed by atoms with Crippen molar-refractivity contribution in [2.75, 3.05) is 0 Å². The van der Waals surface area contributed by atoms with E-state index >= 15 is 0 Å². The number of H-pyrrole nitrogens is 1. The summed E-state index contributed by atoms with van der Waals surface area (Å²) in [5.41, 5.74) is 0.795. The van der Waals surface area contributed by atoms with Gasteiger partial charge in [-0.2, -0.15) is 5.10 Å². The molecular formula is C10H8N4S2. The molecule has 3 rings (SSSR count). The summed E-state index contributed by atoms with van der Waals surface area (Å²) < 4.78 is 0. The lowest BCUT2D eigenvalue weighted by Crippen LogP contribution is -1.85. The van der Waals surface area contributed by atoms with Crippen LogP contribution in [-0.2, 0) is 5.75 Å². The summed E-state index contributed by atoms with van der Waals surface area (Å²) >= 11 is 3.47. The Balaban J connectivity index is 1.86. The summed E-state index contributed by atoms with van der Waals surface area (Å²) in [6.45, 7) is 0. The number of nitrogens with zero attached hydrogens (tertiary/aromatic N) is 3. The van der Waals surface area contributed by atoms with Gasteiger partial charge in [-0.25, -0.2) is 9.97 Å². The number of hydrogen-bond acceptors (Lipinski definition) is 5. The number of rotatable bonds is 3. The molecule has 3 aromatic rings. The molecule has 0 aliphatic rings. The Morgan fingerprint density at radius 3 is 3.25 bits per heavy atom. The van der Waals surface area contributed by atoms with Gasteiger partial charge in [-0.1, -0.05) is 17.8 Å². The maximum absolute atomic E-state index is 4.28. The van der Waals surface area contributed by atoms with Gasteiger partial charge in [0.2, 0.25) is 0 Å². The molecule has 0 spiro atoms. The number of thiophene rings is 1. The highest BCUT2D eigenvalue weighted by molar-refractivity contribution is 7.98. The minimum Gasteiger partial charge on any atom is -0.261 e. The first kappa shape index (κ1) is 9.80. The van der Waals surface area contributed by atoms with Crippen molar-refractivity contribution in [3.8, 4) is 0 Å². The van der Waals surface area contributed by atoms with E-state index in [1.807, 2.05) is 0 Å². The number of fused-ring (bicyclic) bond motifs is 1. The first-order valence-corrected chi connectivity index (χ1v) is 6.59. The van der Waals surface area contributed by atoms with Crippen LogP contribution in [0.1, 0.15) is 4.88 Å². The summed E-state index contributed by atoms with van der Waals surface area (Å²) in [7, 11) is 0. The Hall–Kier alpha value is -1.40. The second kappa shape index (κ2) is 4.23. The van der Waals surface area contributed by atoms with Gasteiger partial charge in [0, 0.05) is 10.6 Å². The Labute approximate surface area is 100 Å². The molecule has 0 aliphatic carbocycles. The third-order valence-corrected chi connectivity index (χ3v) is 4.26. The molecular weight excluding hydrogens is 240 g/mol. The predicted octanol–water partition coefficient (Wildman–Crippen LogP) is 2.71. The molecule has 0 fully saturated rings. The third kappa shape index (κ3) is 1.81. The second-order valence-electron chi connectivity index (χ2n) is 3.18. The van der Waals surface area contributed by atoms with Crippen LogP contribution in [0.2, 0.25) is 0 Å². The highest BCUT2D eigenvalue weighted by Gasteiger charge is 2.06. The van der Waals surface area contributed by atoms with Crippen molar-refractivity contribution in [2.45, 2.75) is 10.8 Å². The molecule has 0 unspecified atom stereocenters. The average Bonchev–Trinajstić information content (AvgIpc) is 2.97. The van der Waals surface area contributed by atoms with E-state index in [0.29, 0.717) is 0 Å². The van der Waals surface area contributed by atoms with Gasteiger partial charge >= 0.3 is 0 Å². The van der Waals surface area contributed by atoms with Crippen molar-refractivity contribution in [3.63, 3.8) is 0 Å². The summed E-state index contributed by atoms with van der Waals surface area (Å²) in [6.07, 6.45) is 3.34. The highest BCUT2D eigenvalue weighted by Crippen LogP contribution is 2.27. The quantitative estimate of drug-likeness (QED) is 0.572. The van der Waals surface area contributed by atoms with Crippen molar-refractivity contribution in [2.24, 2.45) is 0 Å². The zero-order valence-electron chi connectivity index (χ0n) is 8.25. The van der Waals surface area contributed by atoms with Crippen LogP contribution in [0.5, 0.6) is 0 Å². The lowest BCUT2D eigenvalue weighted by atomic mass is 10.4. The molecule has 3 aromatic heterocycles. The predicted molar refractivity (Wildman–Crippen MR) is 65.6 cm³/mol. The Morgan fingerprint density at radius 1 is 1.38 bits per heavy atom. The number of hydrogen-bond donors (Lipinski definition) is 1. The fraction of sp³-hybridized carbons (Fsp3) is 0.100. The van der Waals surface area contributed by atoms with Gasteiger partial charge in [0.05, 0.1) is 11.6 Å². The van der Waals surface area contributed by atoms with Crippen LogP contribution < -0.4 is 0 Å². The van der Waals surface area contributed by atoms with Gasteiger partial charge in [0.15, 0.2) is 5.65 Å². The van der Waals surface area contributed by atoms with Gasteiger partial charge in [-0.15, -0.1) is 11.3 Å². The maximum atomic E-state index is 4.28. The molecule has 1 N–H and O–H groups in total. The minimum absolute atomic E-state index is 0.795. The standard InChI is InChI=1S/C10H8N4S2/c1-2-7(15-3-1)5-16-10-8-4-13-14-9(8)11-6-12-10/h1-4,6H,5H2,(H,11,12,13,14). The molecule has 0 radical (unpaired) electrons. The van der Waals surface area contributed by atoms with Crippen LogP contribution in [0.15, 0.2) is 35.1 Å². The van der Waals surface area contributed by atoms with Crippen molar-refractivity contribution in [3.05, 3.63) is 34.9 Å². The highest BCUT2D eigenvalue weighted by atomic mass is 32.2. The largest absolute Gasteiger partial charge is 0.261 e. The molecule has 0 aromatic carbocycles. The van der Waals surface area contributed by atoms with Crippen molar-refractivity contribution in [1.82, 2.24) is 20.2 Å². The topological polar surface area (TPSA) is 54.5 Å². The summed E-state index contributed by atoms with van der Waals surface area (Å²) in [6, 6.07) is 4.19. The molecule has 4 nitrogen and oxygen atoms in total. The van der Waals surface area contributed by atoms with Gasteiger partial charge in [-0.05, 0) is 11.4 Å². The maximum Gasteiger partial charge on any atom is 0.159 e. The van der Waals surface area contributed by atoms with E-state index in [4.69, 9.17) is 0 Å². The third-order valence-electron chi connectivity index (χ3n) is 2.14. The number of nitrogens with one attached hydrogen (secondary N) is 1. The molecule has 0 saturated heterocycles. The first-order valence-electron chi connectivity index (χ1n) is 4.73. The molecule has 16 heavy (non-hydrogen) atoms.